The number of ether oxygens (including phenoxy) is 1. The lowest BCUT2D eigenvalue weighted by atomic mass is 10.0. The van der Waals surface area contributed by atoms with E-state index in [9.17, 15) is 9.59 Å². The van der Waals surface area contributed by atoms with Crippen LogP contribution in [0.15, 0.2) is 54.9 Å². The molecule has 30 heavy (non-hydrogen) atoms. The maximum atomic E-state index is 9.55. The zero-order valence-electron chi connectivity index (χ0n) is 16.3. The SMILES string of the molecule is O=C(O)/C=C/C(=O)O.c1ccc(COc2cncc(N3C[C@H]4CNC[C@H]4C3)n2)cc1. The van der Waals surface area contributed by atoms with Gasteiger partial charge in [0.05, 0.1) is 12.4 Å². The van der Waals surface area contributed by atoms with Crippen molar-refractivity contribution in [1.82, 2.24) is 15.3 Å². The van der Waals surface area contributed by atoms with Crippen LogP contribution in [0.5, 0.6) is 5.88 Å². The second-order valence-electron chi connectivity index (χ2n) is 7.08. The van der Waals surface area contributed by atoms with Crippen LogP contribution in [0.2, 0.25) is 0 Å². The van der Waals surface area contributed by atoms with E-state index in [0.29, 0.717) is 24.6 Å². The minimum atomic E-state index is -1.26. The molecular weight excluding hydrogens is 388 g/mol. The standard InChI is InChI=1S/C17H20N4O.C4H4O4/c1-2-4-13(5-3-1)12-22-17-9-19-8-16(20-17)21-10-14-6-18-7-15(14)11-21;5-3(6)1-2-4(7)8/h1-5,8-9,14-15,18H,6-7,10-12H2;1-2H,(H,5,6)(H,7,8)/b;2-1+/t14-,15+;. The van der Waals surface area contributed by atoms with Gasteiger partial charge in [-0.1, -0.05) is 30.3 Å². The second-order valence-corrected chi connectivity index (χ2v) is 7.08. The summed E-state index contributed by atoms with van der Waals surface area (Å²) in [7, 11) is 0. The highest BCUT2D eigenvalue weighted by atomic mass is 16.5. The number of anilines is 1. The Balaban J connectivity index is 0.000000275. The lowest BCUT2D eigenvalue weighted by Crippen LogP contribution is -2.26. The Kier molecular flexibility index (Phi) is 7.34. The van der Waals surface area contributed by atoms with Crippen molar-refractivity contribution in [3.05, 3.63) is 60.4 Å². The Morgan fingerprint density at radius 1 is 1.07 bits per heavy atom. The fourth-order valence-corrected chi connectivity index (χ4v) is 3.48. The van der Waals surface area contributed by atoms with Gasteiger partial charge in [0.15, 0.2) is 5.82 Å². The summed E-state index contributed by atoms with van der Waals surface area (Å²) in [6, 6.07) is 10.1. The third-order valence-corrected chi connectivity index (χ3v) is 4.91. The van der Waals surface area contributed by atoms with Crippen molar-refractivity contribution < 1.29 is 24.5 Å². The highest BCUT2D eigenvalue weighted by Gasteiger charge is 2.36. The van der Waals surface area contributed by atoms with E-state index in [-0.39, 0.29) is 0 Å². The largest absolute Gasteiger partial charge is 0.478 e. The fourth-order valence-electron chi connectivity index (χ4n) is 3.48. The second kappa shape index (κ2) is 10.4. The predicted molar refractivity (Wildman–Crippen MR) is 109 cm³/mol. The zero-order valence-corrected chi connectivity index (χ0v) is 16.3. The van der Waals surface area contributed by atoms with Gasteiger partial charge in [0.25, 0.3) is 0 Å². The number of fused-ring (bicyclic) bond motifs is 1. The first kappa shape index (κ1) is 21.3. The number of nitrogens with zero attached hydrogens (tertiary/aromatic N) is 3. The number of carboxylic acid groups (broad SMARTS) is 2. The molecule has 0 aliphatic carbocycles. The summed E-state index contributed by atoms with van der Waals surface area (Å²) in [6.45, 7) is 4.90. The van der Waals surface area contributed by atoms with Crippen LogP contribution in [0, 0.1) is 11.8 Å². The third kappa shape index (κ3) is 6.28. The molecule has 9 nitrogen and oxygen atoms in total. The van der Waals surface area contributed by atoms with E-state index in [4.69, 9.17) is 14.9 Å². The van der Waals surface area contributed by atoms with Gasteiger partial charge in [-0.3, -0.25) is 4.98 Å². The molecule has 0 spiro atoms. The number of hydrogen-bond donors (Lipinski definition) is 3. The Morgan fingerprint density at radius 3 is 2.30 bits per heavy atom. The molecule has 158 valence electrons. The number of rotatable bonds is 6. The van der Waals surface area contributed by atoms with Gasteiger partial charge in [-0.25, -0.2) is 9.59 Å². The lowest BCUT2D eigenvalue weighted by Gasteiger charge is -2.18. The van der Waals surface area contributed by atoms with Crippen molar-refractivity contribution in [1.29, 1.82) is 0 Å². The Morgan fingerprint density at radius 2 is 1.70 bits per heavy atom. The van der Waals surface area contributed by atoms with Gasteiger partial charge in [0.1, 0.15) is 6.61 Å². The summed E-state index contributed by atoms with van der Waals surface area (Å²) >= 11 is 0. The van der Waals surface area contributed by atoms with E-state index >= 15 is 0 Å². The molecule has 1 aromatic carbocycles. The van der Waals surface area contributed by atoms with Crippen molar-refractivity contribution in [2.24, 2.45) is 11.8 Å². The number of nitrogens with one attached hydrogen (secondary N) is 1. The minimum absolute atomic E-state index is 0.522. The van der Waals surface area contributed by atoms with Crippen LogP contribution in [-0.4, -0.2) is 58.3 Å². The van der Waals surface area contributed by atoms with E-state index in [1.807, 2.05) is 36.5 Å². The number of hydrogen-bond acceptors (Lipinski definition) is 7. The van der Waals surface area contributed by atoms with Crippen molar-refractivity contribution in [3.63, 3.8) is 0 Å². The van der Waals surface area contributed by atoms with E-state index in [1.165, 1.54) is 0 Å². The third-order valence-electron chi connectivity index (χ3n) is 4.91. The molecule has 9 heteroatoms. The first-order chi connectivity index (χ1) is 14.5. The van der Waals surface area contributed by atoms with Gasteiger partial charge in [-0.15, -0.1) is 0 Å². The van der Waals surface area contributed by atoms with Crippen molar-refractivity contribution in [2.45, 2.75) is 6.61 Å². The van der Waals surface area contributed by atoms with E-state index < -0.39 is 11.9 Å². The molecule has 3 heterocycles. The van der Waals surface area contributed by atoms with Crippen molar-refractivity contribution in [3.8, 4) is 5.88 Å². The van der Waals surface area contributed by atoms with Gasteiger partial charge < -0.3 is 25.2 Å². The Bertz CT molecular complexity index is 862. The van der Waals surface area contributed by atoms with Crippen LogP contribution in [0.25, 0.3) is 0 Å². The Labute approximate surface area is 174 Å². The molecule has 0 saturated carbocycles. The summed E-state index contributed by atoms with van der Waals surface area (Å²) in [6.07, 6.45) is 4.64. The monoisotopic (exact) mass is 412 g/mol. The quantitative estimate of drug-likeness (QED) is 0.604. The molecule has 0 radical (unpaired) electrons. The molecule has 1 aromatic heterocycles. The molecule has 0 bridgehead atoms. The fraction of sp³-hybridized carbons (Fsp3) is 0.333. The van der Waals surface area contributed by atoms with Crippen LogP contribution in [0.1, 0.15) is 5.56 Å². The van der Waals surface area contributed by atoms with Crippen LogP contribution in [0.4, 0.5) is 5.82 Å². The van der Waals surface area contributed by atoms with E-state index in [2.05, 4.69) is 20.2 Å². The molecule has 2 aromatic rings. The first-order valence-corrected chi connectivity index (χ1v) is 9.59. The molecule has 4 rings (SSSR count). The van der Waals surface area contributed by atoms with Crippen molar-refractivity contribution in [2.75, 3.05) is 31.1 Å². The average Bonchev–Trinajstić information content (AvgIpc) is 3.35. The summed E-state index contributed by atoms with van der Waals surface area (Å²) in [5.74, 6) is 0.502. The van der Waals surface area contributed by atoms with Crippen molar-refractivity contribution >= 4 is 17.8 Å². The normalized spacial score (nSPS) is 19.8. The highest BCUT2D eigenvalue weighted by molar-refractivity contribution is 5.89. The molecule has 2 atom stereocenters. The minimum Gasteiger partial charge on any atom is -0.478 e. The number of aromatic nitrogens is 2. The predicted octanol–water partition coefficient (Wildman–Crippen LogP) is 1.42. The van der Waals surface area contributed by atoms with E-state index in [0.717, 1.165) is 49.4 Å². The molecular formula is C21H24N4O5. The number of carboxylic acids is 2. The molecule has 2 fully saturated rings. The van der Waals surface area contributed by atoms with Gasteiger partial charge in [-0.05, 0) is 17.4 Å². The van der Waals surface area contributed by atoms with Gasteiger partial charge in [0.2, 0.25) is 5.88 Å². The molecule has 2 aliphatic heterocycles. The summed E-state index contributed by atoms with van der Waals surface area (Å²) in [4.78, 5) is 30.3. The van der Waals surface area contributed by atoms with Crippen LogP contribution >= 0.6 is 0 Å². The summed E-state index contributed by atoms with van der Waals surface area (Å²) in [5, 5.41) is 19.1. The zero-order chi connectivity index (χ0) is 21.3. The van der Waals surface area contributed by atoms with Gasteiger partial charge >= 0.3 is 11.9 Å². The summed E-state index contributed by atoms with van der Waals surface area (Å²) in [5.41, 5.74) is 1.14. The smallest absolute Gasteiger partial charge is 0.328 e. The maximum absolute atomic E-state index is 9.55. The average molecular weight is 412 g/mol. The maximum Gasteiger partial charge on any atom is 0.328 e. The molecule has 3 N–H and O–H groups in total. The molecule has 0 amide bonds. The first-order valence-electron chi connectivity index (χ1n) is 9.59. The summed E-state index contributed by atoms with van der Waals surface area (Å²) < 4.78 is 5.77. The molecule has 2 aliphatic rings. The van der Waals surface area contributed by atoms with Crippen LogP contribution in [-0.2, 0) is 16.2 Å². The van der Waals surface area contributed by atoms with E-state index in [1.54, 1.807) is 6.20 Å². The topological polar surface area (TPSA) is 125 Å². The Hall–Kier alpha value is -3.46. The highest BCUT2D eigenvalue weighted by Crippen LogP contribution is 2.29. The lowest BCUT2D eigenvalue weighted by molar-refractivity contribution is -0.134. The number of benzene rings is 1. The van der Waals surface area contributed by atoms with Gasteiger partial charge in [-0.2, -0.15) is 4.98 Å². The molecule has 2 saturated heterocycles. The van der Waals surface area contributed by atoms with Crippen LogP contribution in [0.3, 0.4) is 0 Å². The van der Waals surface area contributed by atoms with Crippen LogP contribution < -0.4 is 15.0 Å². The van der Waals surface area contributed by atoms with Gasteiger partial charge in [0, 0.05) is 38.3 Å². The number of carbonyl (C=O) groups is 2. The molecule has 0 unspecified atom stereocenters. The number of aliphatic carboxylic acids is 2.